The molecule has 1 saturated heterocycles. The first kappa shape index (κ1) is 19.2. The smallest absolute Gasteiger partial charge is 0.194 e. The molecule has 0 saturated carbocycles. The van der Waals surface area contributed by atoms with Crippen LogP contribution in [0, 0.1) is 0 Å². The summed E-state index contributed by atoms with van der Waals surface area (Å²) in [7, 11) is 0. The van der Waals surface area contributed by atoms with Crippen LogP contribution in [0.3, 0.4) is 0 Å². The Morgan fingerprint density at radius 3 is 2.50 bits per heavy atom. The second-order valence-electron chi connectivity index (χ2n) is 7.60. The maximum atomic E-state index is 5.83. The summed E-state index contributed by atoms with van der Waals surface area (Å²) in [6, 6.07) is 28.6. The average Bonchev–Trinajstić information content (AvgIpc) is 3.56. The van der Waals surface area contributed by atoms with Crippen molar-refractivity contribution in [3.05, 3.63) is 109 Å². The van der Waals surface area contributed by atoms with E-state index in [0.717, 1.165) is 27.7 Å². The molecule has 7 heteroatoms. The van der Waals surface area contributed by atoms with Crippen LogP contribution < -0.4 is 10.2 Å². The molecule has 2 atom stereocenters. The van der Waals surface area contributed by atoms with Crippen LogP contribution in [0.5, 0.6) is 0 Å². The highest BCUT2D eigenvalue weighted by atomic mass is 32.1. The fourth-order valence-electron chi connectivity index (χ4n) is 4.29. The zero-order valence-electron chi connectivity index (χ0n) is 17.0. The molecule has 0 spiro atoms. The predicted octanol–water partition coefficient (Wildman–Crippen LogP) is 5.66. The molecule has 0 amide bonds. The number of benzene rings is 2. The van der Waals surface area contributed by atoms with Crippen molar-refractivity contribution >= 4 is 44.6 Å². The van der Waals surface area contributed by atoms with E-state index in [1.807, 2.05) is 48.7 Å². The maximum Gasteiger partial charge on any atom is 0.194 e. The summed E-state index contributed by atoms with van der Waals surface area (Å²) in [5.41, 5.74) is 4.12. The van der Waals surface area contributed by atoms with E-state index in [1.54, 1.807) is 11.3 Å². The van der Waals surface area contributed by atoms with Gasteiger partial charge in [0.1, 0.15) is 6.04 Å². The first-order valence-corrected chi connectivity index (χ1v) is 11.6. The van der Waals surface area contributed by atoms with Crippen molar-refractivity contribution in [1.29, 1.82) is 0 Å². The molecule has 3 aromatic heterocycles. The maximum absolute atomic E-state index is 5.83. The Morgan fingerprint density at radius 1 is 0.875 bits per heavy atom. The van der Waals surface area contributed by atoms with Crippen LogP contribution in [0.2, 0.25) is 0 Å². The van der Waals surface area contributed by atoms with Gasteiger partial charge in [0.15, 0.2) is 10.2 Å². The monoisotopic (exact) mass is 453 g/mol. The summed E-state index contributed by atoms with van der Waals surface area (Å²) < 4.78 is 3.35. The minimum atomic E-state index is -0.0908. The SMILES string of the molecule is S=C1N[C@@H](c2ccccn2)[C@H](c2cccn2-c2nc3ccccc3s2)N1c1ccccc1. The van der Waals surface area contributed by atoms with Gasteiger partial charge in [-0.2, -0.15) is 0 Å². The van der Waals surface area contributed by atoms with E-state index in [1.165, 1.54) is 4.70 Å². The topological polar surface area (TPSA) is 46.0 Å². The van der Waals surface area contributed by atoms with Crippen LogP contribution in [-0.4, -0.2) is 19.6 Å². The van der Waals surface area contributed by atoms with Gasteiger partial charge in [-0.15, -0.1) is 0 Å². The number of para-hydroxylation sites is 2. The first-order chi connectivity index (χ1) is 15.8. The summed E-state index contributed by atoms with van der Waals surface area (Å²) in [4.78, 5) is 11.7. The minimum Gasteiger partial charge on any atom is -0.351 e. The number of thiazole rings is 1. The normalized spacial score (nSPS) is 18.2. The van der Waals surface area contributed by atoms with E-state index in [0.29, 0.717) is 5.11 Å². The summed E-state index contributed by atoms with van der Waals surface area (Å²) in [5.74, 6) is 0. The van der Waals surface area contributed by atoms with Crippen molar-refractivity contribution in [1.82, 2.24) is 19.9 Å². The number of anilines is 1. The Hall–Kier alpha value is -3.55. The highest BCUT2D eigenvalue weighted by Crippen LogP contribution is 2.42. The number of nitrogens with zero attached hydrogens (tertiary/aromatic N) is 4. The fraction of sp³-hybridized carbons (Fsp3) is 0.0800. The first-order valence-electron chi connectivity index (χ1n) is 10.4. The van der Waals surface area contributed by atoms with Crippen molar-refractivity contribution in [3.8, 4) is 5.13 Å². The lowest BCUT2D eigenvalue weighted by atomic mass is 10.0. The minimum absolute atomic E-state index is 0.0817. The molecule has 1 fully saturated rings. The lowest BCUT2D eigenvalue weighted by Crippen LogP contribution is -2.30. The lowest BCUT2D eigenvalue weighted by molar-refractivity contribution is 0.549. The molecule has 0 aliphatic carbocycles. The zero-order chi connectivity index (χ0) is 21.5. The number of pyridine rings is 1. The van der Waals surface area contributed by atoms with Gasteiger partial charge in [0.05, 0.1) is 27.6 Å². The summed E-state index contributed by atoms with van der Waals surface area (Å²) in [6.07, 6.45) is 3.90. The third kappa shape index (κ3) is 3.18. The van der Waals surface area contributed by atoms with Crippen molar-refractivity contribution in [2.45, 2.75) is 12.1 Å². The summed E-state index contributed by atoms with van der Waals surface area (Å²) in [5, 5.41) is 5.16. The number of rotatable bonds is 4. The quantitative estimate of drug-likeness (QED) is 0.356. The number of hydrogen-bond acceptors (Lipinski definition) is 4. The fourth-order valence-corrected chi connectivity index (χ4v) is 5.61. The van der Waals surface area contributed by atoms with Gasteiger partial charge < -0.3 is 10.2 Å². The van der Waals surface area contributed by atoms with E-state index in [-0.39, 0.29) is 12.1 Å². The molecule has 0 radical (unpaired) electrons. The summed E-state index contributed by atoms with van der Waals surface area (Å²) in [6.45, 7) is 0. The molecule has 1 aliphatic heterocycles. The second-order valence-corrected chi connectivity index (χ2v) is 9.00. The Balaban J connectivity index is 1.52. The number of thiocarbonyl (C=S) groups is 1. The second kappa shape index (κ2) is 7.85. The number of hydrogen-bond donors (Lipinski definition) is 1. The van der Waals surface area contributed by atoms with Crippen LogP contribution in [0.4, 0.5) is 5.69 Å². The van der Waals surface area contributed by atoms with Gasteiger partial charge in [0, 0.05) is 18.1 Å². The van der Waals surface area contributed by atoms with Gasteiger partial charge in [0.25, 0.3) is 0 Å². The highest BCUT2D eigenvalue weighted by molar-refractivity contribution is 7.80. The largest absolute Gasteiger partial charge is 0.351 e. The van der Waals surface area contributed by atoms with E-state index < -0.39 is 0 Å². The van der Waals surface area contributed by atoms with E-state index >= 15 is 0 Å². The van der Waals surface area contributed by atoms with Crippen molar-refractivity contribution in [3.63, 3.8) is 0 Å². The Bertz CT molecular complexity index is 1360. The number of nitrogens with one attached hydrogen (secondary N) is 1. The molecule has 2 aromatic carbocycles. The van der Waals surface area contributed by atoms with Crippen LogP contribution in [-0.2, 0) is 0 Å². The Morgan fingerprint density at radius 2 is 1.69 bits per heavy atom. The molecule has 32 heavy (non-hydrogen) atoms. The molecule has 5 aromatic rings. The lowest BCUT2D eigenvalue weighted by Gasteiger charge is -2.28. The summed E-state index contributed by atoms with van der Waals surface area (Å²) >= 11 is 7.52. The predicted molar refractivity (Wildman–Crippen MR) is 133 cm³/mol. The Kier molecular flexibility index (Phi) is 4.70. The number of fused-ring (bicyclic) bond motifs is 1. The van der Waals surface area contributed by atoms with Gasteiger partial charge in [-0.3, -0.25) is 9.55 Å². The standard InChI is InChI=1S/C25H19N5S2/c31-24-28-22(19-12-6-7-15-26-19)23(30(24)17-9-2-1-3-10-17)20-13-8-16-29(20)25-27-18-11-4-5-14-21(18)32-25/h1-16,22-23H,(H,28,31)/t22-,23-/m0/s1. The molecular formula is C25H19N5S2. The highest BCUT2D eigenvalue weighted by Gasteiger charge is 2.42. The van der Waals surface area contributed by atoms with Crippen LogP contribution in [0.25, 0.3) is 15.3 Å². The zero-order valence-corrected chi connectivity index (χ0v) is 18.6. The molecule has 4 heterocycles. The third-order valence-electron chi connectivity index (χ3n) is 5.70. The molecule has 0 unspecified atom stereocenters. The van der Waals surface area contributed by atoms with E-state index in [2.05, 4.69) is 68.4 Å². The van der Waals surface area contributed by atoms with Gasteiger partial charge in [-0.1, -0.05) is 47.7 Å². The van der Waals surface area contributed by atoms with Gasteiger partial charge >= 0.3 is 0 Å². The van der Waals surface area contributed by atoms with Crippen LogP contribution >= 0.6 is 23.6 Å². The van der Waals surface area contributed by atoms with E-state index in [9.17, 15) is 0 Å². The van der Waals surface area contributed by atoms with Crippen LogP contribution in [0.1, 0.15) is 23.5 Å². The average molecular weight is 454 g/mol. The van der Waals surface area contributed by atoms with Crippen molar-refractivity contribution in [2.24, 2.45) is 0 Å². The van der Waals surface area contributed by atoms with Gasteiger partial charge in [-0.05, 0) is 60.7 Å². The molecule has 0 bridgehead atoms. The molecule has 6 rings (SSSR count). The molecule has 1 aliphatic rings. The van der Waals surface area contributed by atoms with Crippen molar-refractivity contribution < 1.29 is 0 Å². The third-order valence-corrected chi connectivity index (χ3v) is 7.05. The van der Waals surface area contributed by atoms with Crippen molar-refractivity contribution in [2.75, 3.05) is 4.90 Å². The Labute approximate surface area is 195 Å². The molecule has 156 valence electrons. The van der Waals surface area contributed by atoms with Gasteiger partial charge in [0.2, 0.25) is 0 Å². The molecular weight excluding hydrogens is 434 g/mol. The molecule has 1 N–H and O–H groups in total. The number of aromatic nitrogens is 3. The van der Waals surface area contributed by atoms with Crippen LogP contribution in [0.15, 0.2) is 97.3 Å². The van der Waals surface area contributed by atoms with E-state index in [4.69, 9.17) is 17.2 Å². The van der Waals surface area contributed by atoms with Gasteiger partial charge in [-0.25, -0.2) is 4.98 Å². The molecule has 5 nitrogen and oxygen atoms in total.